The molecule has 1 fully saturated rings. The third kappa shape index (κ3) is 3.47. The van der Waals surface area contributed by atoms with Gasteiger partial charge in [-0.25, -0.2) is 0 Å². The molecule has 1 aromatic rings. The SMILES string of the molecule is C[C@@](O)(CNC(=O)CC1CC1)c1ccccc1Cl. The van der Waals surface area contributed by atoms with Crippen LogP contribution in [0.2, 0.25) is 5.02 Å². The molecule has 0 heterocycles. The largest absolute Gasteiger partial charge is 0.384 e. The van der Waals surface area contributed by atoms with Gasteiger partial charge in [-0.3, -0.25) is 4.79 Å². The summed E-state index contributed by atoms with van der Waals surface area (Å²) >= 11 is 6.05. The van der Waals surface area contributed by atoms with Gasteiger partial charge in [0.25, 0.3) is 0 Å². The fraction of sp³-hybridized carbons (Fsp3) is 0.500. The van der Waals surface area contributed by atoms with Crippen LogP contribution in [0.3, 0.4) is 0 Å². The Morgan fingerprint density at radius 3 is 2.78 bits per heavy atom. The molecule has 0 saturated heterocycles. The summed E-state index contributed by atoms with van der Waals surface area (Å²) < 4.78 is 0. The van der Waals surface area contributed by atoms with Crippen molar-refractivity contribution < 1.29 is 9.90 Å². The van der Waals surface area contributed by atoms with Crippen LogP contribution >= 0.6 is 11.6 Å². The summed E-state index contributed by atoms with van der Waals surface area (Å²) in [5.41, 5.74) is -0.504. The van der Waals surface area contributed by atoms with E-state index in [1.807, 2.05) is 12.1 Å². The highest BCUT2D eigenvalue weighted by molar-refractivity contribution is 6.31. The molecule has 2 rings (SSSR count). The van der Waals surface area contributed by atoms with Gasteiger partial charge in [0, 0.05) is 17.0 Å². The Morgan fingerprint density at radius 2 is 2.17 bits per heavy atom. The molecular weight excluding hydrogens is 250 g/mol. The molecular formula is C14H18ClNO2. The van der Waals surface area contributed by atoms with Gasteiger partial charge in [-0.1, -0.05) is 29.8 Å². The lowest BCUT2D eigenvalue weighted by Crippen LogP contribution is -2.38. The third-order valence-electron chi connectivity index (χ3n) is 3.25. The van der Waals surface area contributed by atoms with Crippen LogP contribution in [-0.2, 0) is 10.4 Å². The van der Waals surface area contributed by atoms with Crippen LogP contribution in [0, 0.1) is 5.92 Å². The Balaban J connectivity index is 1.93. The molecule has 1 aliphatic carbocycles. The maximum atomic E-state index is 11.6. The molecule has 1 aliphatic rings. The molecule has 2 N–H and O–H groups in total. The molecule has 0 aliphatic heterocycles. The van der Waals surface area contributed by atoms with Gasteiger partial charge in [-0.15, -0.1) is 0 Å². The van der Waals surface area contributed by atoms with Crippen molar-refractivity contribution in [3.8, 4) is 0 Å². The fourth-order valence-electron chi connectivity index (χ4n) is 1.92. The van der Waals surface area contributed by atoms with E-state index in [1.165, 1.54) is 0 Å². The van der Waals surface area contributed by atoms with E-state index in [9.17, 15) is 9.90 Å². The van der Waals surface area contributed by atoms with Crippen LogP contribution in [-0.4, -0.2) is 17.6 Å². The summed E-state index contributed by atoms with van der Waals surface area (Å²) in [7, 11) is 0. The first-order valence-electron chi connectivity index (χ1n) is 6.23. The van der Waals surface area contributed by atoms with E-state index in [-0.39, 0.29) is 12.5 Å². The van der Waals surface area contributed by atoms with Crippen molar-refractivity contribution in [3.63, 3.8) is 0 Å². The normalized spacial score (nSPS) is 18.2. The first kappa shape index (κ1) is 13.4. The zero-order valence-electron chi connectivity index (χ0n) is 10.4. The van der Waals surface area contributed by atoms with Gasteiger partial charge in [0.2, 0.25) is 5.91 Å². The Labute approximate surface area is 112 Å². The van der Waals surface area contributed by atoms with Gasteiger partial charge in [0.1, 0.15) is 5.60 Å². The summed E-state index contributed by atoms with van der Waals surface area (Å²) in [4.78, 5) is 11.6. The van der Waals surface area contributed by atoms with Gasteiger partial charge in [-0.05, 0) is 31.7 Å². The molecule has 0 aromatic heterocycles. The number of amides is 1. The van der Waals surface area contributed by atoms with Gasteiger partial charge in [-0.2, -0.15) is 0 Å². The molecule has 0 radical (unpaired) electrons. The van der Waals surface area contributed by atoms with Gasteiger partial charge >= 0.3 is 0 Å². The number of carbonyl (C=O) groups excluding carboxylic acids is 1. The highest BCUT2D eigenvalue weighted by Gasteiger charge is 2.28. The van der Waals surface area contributed by atoms with Crippen LogP contribution in [0.1, 0.15) is 31.7 Å². The van der Waals surface area contributed by atoms with E-state index in [4.69, 9.17) is 11.6 Å². The molecule has 18 heavy (non-hydrogen) atoms. The molecule has 98 valence electrons. The second kappa shape index (κ2) is 5.29. The summed E-state index contributed by atoms with van der Waals surface area (Å²) in [6.45, 7) is 1.84. The van der Waals surface area contributed by atoms with E-state index < -0.39 is 5.60 Å². The smallest absolute Gasteiger partial charge is 0.220 e. The lowest BCUT2D eigenvalue weighted by Gasteiger charge is -2.25. The maximum Gasteiger partial charge on any atom is 0.220 e. The quantitative estimate of drug-likeness (QED) is 0.861. The van der Waals surface area contributed by atoms with E-state index in [0.29, 0.717) is 22.9 Å². The molecule has 0 bridgehead atoms. The Hall–Kier alpha value is -1.06. The van der Waals surface area contributed by atoms with Crippen LogP contribution in [0.4, 0.5) is 0 Å². The van der Waals surface area contributed by atoms with Crippen LogP contribution in [0.5, 0.6) is 0 Å². The minimum absolute atomic E-state index is 0.00447. The predicted octanol–water partition coefficient (Wildman–Crippen LogP) is 2.46. The molecule has 4 heteroatoms. The highest BCUT2D eigenvalue weighted by Crippen LogP contribution is 2.32. The number of aliphatic hydroxyl groups is 1. The number of hydrogen-bond acceptors (Lipinski definition) is 2. The predicted molar refractivity (Wildman–Crippen MR) is 71.4 cm³/mol. The average Bonchev–Trinajstić information content (AvgIpc) is 3.11. The monoisotopic (exact) mass is 267 g/mol. The molecule has 1 aromatic carbocycles. The third-order valence-corrected chi connectivity index (χ3v) is 3.58. The second-order valence-corrected chi connectivity index (χ2v) is 5.59. The van der Waals surface area contributed by atoms with Crippen LogP contribution < -0.4 is 5.32 Å². The topological polar surface area (TPSA) is 49.3 Å². The first-order valence-corrected chi connectivity index (χ1v) is 6.61. The van der Waals surface area contributed by atoms with Crippen molar-refractivity contribution in [2.24, 2.45) is 5.92 Å². The van der Waals surface area contributed by atoms with Crippen molar-refractivity contribution in [1.82, 2.24) is 5.32 Å². The molecule has 1 amide bonds. The van der Waals surface area contributed by atoms with Gasteiger partial charge < -0.3 is 10.4 Å². The number of halogens is 1. The maximum absolute atomic E-state index is 11.6. The minimum Gasteiger partial charge on any atom is -0.384 e. The van der Waals surface area contributed by atoms with E-state index in [1.54, 1.807) is 19.1 Å². The average molecular weight is 268 g/mol. The van der Waals surface area contributed by atoms with E-state index in [2.05, 4.69) is 5.32 Å². The standard InChI is InChI=1S/C14H18ClNO2/c1-14(18,11-4-2-3-5-12(11)15)9-16-13(17)8-10-6-7-10/h2-5,10,18H,6-9H2,1H3,(H,16,17)/t14-/m1/s1. The summed E-state index contributed by atoms with van der Waals surface area (Å²) in [6.07, 6.45) is 2.86. The van der Waals surface area contributed by atoms with Gasteiger partial charge in [0.15, 0.2) is 0 Å². The number of rotatable bonds is 5. The summed E-state index contributed by atoms with van der Waals surface area (Å²) in [6, 6.07) is 7.14. The second-order valence-electron chi connectivity index (χ2n) is 5.18. The van der Waals surface area contributed by atoms with Crippen molar-refractivity contribution >= 4 is 17.5 Å². The van der Waals surface area contributed by atoms with E-state index in [0.717, 1.165) is 12.8 Å². The van der Waals surface area contributed by atoms with Crippen molar-refractivity contribution in [2.45, 2.75) is 31.8 Å². The zero-order valence-corrected chi connectivity index (χ0v) is 11.2. The lowest BCUT2D eigenvalue weighted by molar-refractivity contribution is -0.122. The first-order chi connectivity index (χ1) is 8.49. The van der Waals surface area contributed by atoms with Crippen molar-refractivity contribution in [2.75, 3.05) is 6.54 Å². The molecule has 1 atom stereocenters. The van der Waals surface area contributed by atoms with Crippen molar-refractivity contribution in [1.29, 1.82) is 0 Å². The number of carbonyl (C=O) groups is 1. The summed E-state index contributed by atoms with van der Waals surface area (Å²) in [5, 5.41) is 13.7. The highest BCUT2D eigenvalue weighted by atomic mass is 35.5. The fourth-order valence-corrected chi connectivity index (χ4v) is 2.26. The lowest BCUT2D eigenvalue weighted by atomic mass is 9.96. The number of benzene rings is 1. The number of hydrogen-bond donors (Lipinski definition) is 2. The molecule has 0 spiro atoms. The zero-order chi connectivity index (χ0) is 13.2. The summed E-state index contributed by atoms with van der Waals surface area (Å²) in [5.74, 6) is 0.556. The van der Waals surface area contributed by atoms with Crippen LogP contribution in [0.15, 0.2) is 24.3 Å². The molecule has 1 saturated carbocycles. The molecule has 0 unspecified atom stereocenters. The Kier molecular flexibility index (Phi) is 3.93. The number of nitrogens with one attached hydrogen (secondary N) is 1. The van der Waals surface area contributed by atoms with Crippen molar-refractivity contribution in [3.05, 3.63) is 34.9 Å². The minimum atomic E-state index is -1.14. The van der Waals surface area contributed by atoms with Gasteiger partial charge in [0.05, 0.1) is 6.54 Å². The Morgan fingerprint density at radius 1 is 1.50 bits per heavy atom. The van der Waals surface area contributed by atoms with E-state index >= 15 is 0 Å². The Bertz CT molecular complexity index is 441. The molecule has 3 nitrogen and oxygen atoms in total. The van der Waals surface area contributed by atoms with Crippen LogP contribution in [0.25, 0.3) is 0 Å².